The Balaban J connectivity index is 1.98. The van der Waals surface area contributed by atoms with E-state index in [1.807, 2.05) is 30.3 Å². The predicted octanol–water partition coefficient (Wildman–Crippen LogP) is 0.714. The summed E-state index contributed by atoms with van der Waals surface area (Å²) in [6.45, 7) is 0. The summed E-state index contributed by atoms with van der Waals surface area (Å²) >= 11 is 0. The van der Waals surface area contributed by atoms with Crippen molar-refractivity contribution in [1.82, 2.24) is 0 Å². The van der Waals surface area contributed by atoms with Crippen molar-refractivity contribution in [2.45, 2.75) is 56.3 Å². The summed E-state index contributed by atoms with van der Waals surface area (Å²) in [4.78, 5) is 11.7. The molecule has 1 aromatic carbocycles. The molecule has 1 amide bonds. The fourth-order valence-electron chi connectivity index (χ4n) is 3.37. The van der Waals surface area contributed by atoms with Gasteiger partial charge in [0.25, 0.3) is 0 Å². The van der Waals surface area contributed by atoms with Gasteiger partial charge in [-0.25, -0.2) is 0 Å². The van der Waals surface area contributed by atoms with E-state index in [-0.39, 0.29) is 6.42 Å². The second-order valence-electron chi connectivity index (χ2n) is 6.42. The lowest BCUT2D eigenvalue weighted by atomic mass is 9.80. The van der Waals surface area contributed by atoms with Gasteiger partial charge < -0.3 is 21.7 Å². The summed E-state index contributed by atoms with van der Waals surface area (Å²) in [7, 11) is 0. The van der Waals surface area contributed by atoms with E-state index in [1.54, 1.807) is 0 Å². The molecule has 0 aliphatic heterocycles. The van der Waals surface area contributed by atoms with E-state index in [0.29, 0.717) is 19.3 Å². The molecule has 6 N–H and O–H groups in total. The van der Waals surface area contributed by atoms with E-state index < -0.39 is 29.6 Å². The largest absolute Gasteiger partial charge is 0.391 e. The normalized spacial score (nSPS) is 21.2. The molecule has 0 spiro atoms. The molecule has 0 aromatic heterocycles. The van der Waals surface area contributed by atoms with Gasteiger partial charge in [-0.1, -0.05) is 43.2 Å². The molecule has 1 saturated carbocycles. The Hall–Kier alpha value is -1.43. The minimum Gasteiger partial charge on any atom is -0.391 e. The van der Waals surface area contributed by atoms with Gasteiger partial charge in [0.05, 0.1) is 17.6 Å². The summed E-state index contributed by atoms with van der Waals surface area (Å²) in [6, 6.07) is 9.16. The first-order chi connectivity index (χ1) is 10.4. The van der Waals surface area contributed by atoms with Crippen LogP contribution in [0, 0.1) is 5.92 Å². The van der Waals surface area contributed by atoms with Gasteiger partial charge in [-0.2, -0.15) is 0 Å². The Morgan fingerprint density at radius 2 is 1.82 bits per heavy atom. The zero-order chi connectivity index (χ0) is 16.2. The second kappa shape index (κ2) is 7.22. The maximum absolute atomic E-state index is 11.7. The van der Waals surface area contributed by atoms with Crippen LogP contribution in [0.5, 0.6) is 0 Å². The van der Waals surface area contributed by atoms with Crippen LogP contribution in [0.2, 0.25) is 0 Å². The second-order valence-corrected chi connectivity index (χ2v) is 6.42. The van der Waals surface area contributed by atoms with Crippen molar-refractivity contribution < 1.29 is 15.0 Å². The Morgan fingerprint density at radius 1 is 1.23 bits per heavy atom. The van der Waals surface area contributed by atoms with Crippen molar-refractivity contribution in [2.75, 3.05) is 0 Å². The van der Waals surface area contributed by atoms with E-state index in [2.05, 4.69) is 0 Å². The molecule has 0 bridgehead atoms. The van der Waals surface area contributed by atoms with Crippen molar-refractivity contribution in [3.63, 3.8) is 0 Å². The van der Waals surface area contributed by atoms with Gasteiger partial charge in [0.2, 0.25) is 5.91 Å². The van der Waals surface area contributed by atoms with Gasteiger partial charge in [0.1, 0.15) is 0 Å². The molecular weight excluding hydrogens is 280 g/mol. The maximum atomic E-state index is 11.7. The van der Waals surface area contributed by atoms with Crippen molar-refractivity contribution in [1.29, 1.82) is 0 Å². The highest BCUT2D eigenvalue weighted by atomic mass is 16.3. The van der Waals surface area contributed by atoms with Gasteiger partial charge in [-0.05, 0) is 31.2 Å². The lowest BCUT2D eigenvalue weighted by Crippen LogP contribution is -2.48. The maximum Gasteiger partial charge on any atom is 0.223 e. The van der Waals surface area contributed by atoms with Crippen LogP contribution in [0.1, 0.15) is 37.7 Å². The lowest BCUT2D eigenvalue weighted by molar-refractivity contribution is -0.133. The molecule has 1 aliphatic carbocycles. The molecule has 1 aromatic rings. The van der Waals surface area contributed by atoms with E-state index in [9.17, 15) is 15.0 Å². The molecule has 2 rings (SSSR count). The van der Waals surface area contributed by atoms with Crippen molar-refractivity contribution in [3.05, 3.63) is 35.9 Å². The minimum atomic E-state index is -1.08. The monoisotopic (exact) mass is 306 g/mol. The number of primary amides is 1. The number of amides is 1. The number of carbonyl (C=O) groups is 1. The Kier molecular flexibility index (Phi) is 5.56. The molecule has 3 atom stereocenters. The van der Waals surface area contributed by atoms with E-state index in [1.165, 1.54) is 0 Å². The topological polar surface area (TPSA) is 110 Å². The van der Waals surface area contributed by atoms with Gasteiger partial charge in [0.15, 0.2) is 0 Å². The van der Waals surface area contributed by atoms with Crippen LogP contribution in [-0.4, -0.2) is 33.9 Å². The Morgan fingerprint density at radius 3 is 2.36 bits per heavy atom. The first kappa shape index (κ1) is 16.9. The number of carbonyl (C=O) groups excluding carboxylic acids is 1. The average molecular weight is 306 g/mol. The van der Waals surface area contributed by atoms with E-state index >= 15 is 0 Å². The first-order valence-electron chi connectivity index (χ1n) is 7.91. The zero-order valence-electron chi connectivity index (χ0n) is 12.8. The summed E-state index contributed by atoms with van der Waals surface area (Å²) in [5.74, 6) is -1.30. The van der Waals surface area contributed by atoms with Crippen molar-refractivity contribution >= 4 is 5.91 Å². The zero-order valence-corrected chi connectivity index (χ0v) is 12.8. The van der Waals surface area contributed by atoms with Crippen LogP contribution in [0.15, 0.2) is 30.3 Å². The third kappa shape index (κ3) is 4.06. The van der Waals surface area contributed by atoms with Gasteiger partial charge in [-0.3, -0.25) is 4.79 Å². The summed E-state index contributed by atoms with van der Waals surface area (Å²) in [5, 5.41) is 20.9. The van der Waals surface area contributed by atoms with Crippen LogP contribution in [0.3, 0.4) is 0 Å². The highest BCUT2D eigenvalue weighted by Gasteiger charge is 2.43. The fraction of sp³-hybridized carbons (Fsp3) is 0.588. The molecule has 5 nitrogen and oxygen atoms in total. The molecule has 0 unspecified atom stereocenters. The van der Waals surface area contributed by atoms with Crippen LogP contribution >= 0.6 is 0 Å². The Labute approximate surface area is 131 Å². The average Bonchev–Trinajstić information content (AvgIpc) is 2.92. The summed E-state index contributed by atoms with van der Waals surface area (Å²) in [6.07, 6.45) is 2.63. The van der Waals surface area contributed by atoms with E-state index in [0.717, 1.165) is 18.4 Å². The van der Waals surface area contributed by atoms with Crippen molar-refractivity contribution in [3.8, 4) is 0 Å². The molecule has 1 aliphatic rings. The molecule has 22 heavy (non-hydrogen) atoms. The number of rotatable bonds is 7. The van der Waals surface area contributed by atoms with Gasteiger partial charge >= 0.3 is 0 Å². The quantitative estimate of drug-likeness (QED) is 0.595. The fourth-order valence-corrected chi connectivity index (χ4v) is 3.37. The number of aliphatic hydroxyl groups is 2. The van der Waals surface area contributed by atoms with Crippen LogP contribution < -0.4 is 11.5 Å². The summed E-state index contributed by atoms with van der Waals surface area (Å²) in [5.41, 5.74) is 11.5. The molecule has 0 heterocycles. The number of aliphatic hydroxyl groups excluding tert-OH is 1. The molecule has 1 fully saturated rings. The number of hydrogen-bond donors (Lipinski definition) is 4. The number of hydrogen-bond acceptors (Lipinski definition) is 4. The van der Waals surface area contributed by atoms with Crippen molar-refractivity contribution in [2.24, 2.45) is 17.4 Å². The highest BCUT2D eigenvalue weighted by Crippen LogP contribution is 2.38. The molecule has 0 radical (unpaired) electrons. The number of benzene rings is 1. The molecular formula is C17H26N2O3. The Bertz CT molecular complexity index is 486. The number of nitrogens with two attached hydrogens (primary N) is 2. The highest BCUT2D eigenvalue weighted by molar-refractivity contribution is 5.78. The SMILES string of the molecule is NC(=O)[C@@H](C[C@H](O)[C@@H](N)Cc1ccccc1)C1(O)CCCC1. The predicted molar refractivity (Wildman–Crippen MR) is 84.8 cm³/mol. The molecule has 0 saturated heterocycles. The lowest BCUT2D eigenvalue weighted by Gasteiger charge is -2.33. The van der Waals surface area contributed by atoms with Gasteiger partial charge in [0, 0.05) is 6.04 Å². The van der Waals surface area contributed by atoms with Crippen LogP contribution in [0.25, 0.3) is 0 Å². The third-order valence-corrected chi connectivity index (χ3v) is 4.75. The first-order valence-corrected chi connectivity index (χ1v) is 7.91. The van der Waals surface area contributed by atoms with E-state index in [4.69, 9.17) is 11.5 Å². The molecule has 122 valence electrons. The van der Waals surface area contributed by atoms with Crippen LogP contribution in [0.4, 0.5) is 0 Å². The van der Waals surface area contributed by atoms with Gasteiger partial charge in [-0.15, -0.1) is 0 Å². The molecule has 5 heteroatoms. The van der Waals surface area contributed by atoms with Crippen LogP contribution in [-0.2, 0) is 11.2 Å². The standard InChI is InChI=1S/C17H26N2O3/c18-14(10-12-6-2-1-3-7-12)15(20)11-13(16(19)21)17(22)8-4-5-9-17/h1-3,6-7,13-15,20,22H,4-5,8-11,18H2,(H2,19,21)/t13-,14+,15+/m1/s1. The minimum absolute atomic E-state index is 0.111. The third-order valence-electron chi connectivity index (χ3n) is 4.75. The summed E-state index contributed by atoms with van der Waals surface area (Å²) < 4.78 is 0. The smallest absolute Gasteiger partial charge is 0.223 e.